The highest BCUT2D eigenvalue weighted by molar-refractivity contribution is 5.30. The fourth-order valence-corrected chi connectivity index (χ4v) is 2.51. The van der Waals surface area contributed by atoms with Crippen molar-refractivity contribution in [2.75, 3.05) is 19.6 Å². The number of piperidine rings is 1. The molecule has 1 unspecified atom stereocenters. The highest BCUT2D eigenvalue weighted by atomic mass is 15.0. The topological polar surface area (TPSA) is 24.1 Å². The Bertz CT molecular complexity index is 354. The van der Waals surface area contributed by atoms with Crippen LogP contribution in [0.15, 0.2) is 18.2 Å². The lowest BCUT2D eigenvalue weighted by molar-refractivity contribution is 0.392. The molecule has 0 aliphatic carbocycles. The Kier molecular flexibility index (Phi) is 4.57. The molecule has 0 spiro atoms. The number of benzene rings is 1. The van der Waals surface area contributed by atoms with Crippen molar-refractivity contribution < 1.29 is 0 Å². The van der Waals surface area contributed by atoms with E-state index < -0.39 is 0 Å². The first-order valence-electron chi connectivity index (χ1n) is 6.76. The second-order valence-electron chi connectivity index (χ2n) is 5.18. The van der Waals surface area contributed by atoms with Crippen molar-refractivity contribution >= 4 is 0 Å². The minimum absolute atomic E-state index is 0.675. The zero-order chi connectivity index (χ0) is 12.1. The van der Waals surface area contributed by atoms with Crippen LogP contribution in [0.1, 0.15) is 29.5 Å². The summed E-state index contributed by atoms with van der Waals surface area (Å²) in [6, 6.07) is 7.41. The maximum Gasteiger partial charge on any atom is 0.0193 e. The Morgan fingerprint density at radius 3 is 3.00 bits per heavy atom. The lowest BCUT2D eigenvalue weighted by Crippen LogP contribution is -2.43. The van der Waals surface area contributed by atoms with Gasteiger partial charge in [0.15, 0.2) is 0 Å². The van der Waals surface area contributed by atoms with Crippen LogP contribution in [-0.2, 0) is 6.42 Å². The number of hydrogen-bond acceptors (Lipinski definition) is 2. The minimum Gasteiger partial charge on any atom is -0.315 e. The van der Waals surface area contributed by atoms with Crippen molar-refractivity contribution in [1.82, 2.24) is 10.6 Å². The van der Waals surface area contributed by atoms with E-state index in [0.717, 1.165) is 19.5 Å². The van der Waals surface area contributed by atoms with Crippen LogP contribution < -0.4 is 10.6 Å². The van der Waals surface area contributed by atoms with Gasteiger partial charge in [0.2, 0.25) is 0 Å². The molecular weight excluding hydrogens is 208 g/mol. The van der Waals surface area contributed by atoms with Crippen LogP contribution in [0.25, 0.3) is 0 Å². The second kappa shape index (κ2) is 6.18. The predicted molar refractivity (Wildman–Crippen MR) is 73.5 cm³/mol. The summed E-state index contributed by atoms with van der Waals surface area (Å²) in [7, 11) is 0. The van der Waals surface area contributed by atoms with Crippen LogP contribution in [-0.4, -0.2) is 25.7 Å². The molecule has 1 atom stereocenters. The van der Waals surface area contributed by atoms with Crippen molar-refractivity contribution in [3.8, 4) is 0 Å². The van der Waals surface area contributed by atoms with Crippen LogP contribution in [0.5, 0.6) is 0 Å². The Balaban J connectivity index is 1.79. The molecule has 1 aliphatic rings. The summed E-state index contributed by atoms with van der Waals surface area (Å²) < 4.78 is 0. The Labute approximate surface area is 105 Å². The van der Waals surface area contributed by atoms with E-state index in [2.05, 4.69) is 42.7 Å². The van der Waals surface area contributed by atoms with Crippen LogP contribution >= 0.6 is 0 Å². The highest BCUT2D eigenvalue weighted by Crippen LogP contribution is 2.11. The molecule has 1 fully saturated rings. The minimum atomic E-state index is 0.675. The maximum absolute atomic E-state index is 3.65. The second-order valence-corrected chi connectivity index (χ2v) is 5.18. The van der Waals surface area contributed by atoms with Crippen molar-refractivity contribution in [1.29, 1.82) is 0 Å². The molecule has 0 saturated carbocycles. The monoisotopic (exact) mass is 232 g/mol. The number of nitrogens with one attached hydrogen (secondary N) is 2. The lowest BCUT2D eigenvalue weighted by Gasteiger charge is -2.24. The standard InChI is InChI=1S/C15H24N2/c1-12-5-6-13(2)14(10-12)7-9-17-15-4-3-8-16-11-15/h5-6,10,15-17H,3-4,7-9,11H2,1-2H3. The molecule has 17 heavy (non-hydrogen) atoms. The van der Waals surface area contributed by atoms with Gasteiger partial charge in [-0.2, -0.15) is 0 Å². The third-order valence-corrected chi connectivity index (χ3v) is 3.63. The smallest absolute Gasteiger partial charge is 0.0193 e. The molecule has 1 aromatic carbocycles. The first-order valence-corrected chi connectivity index (χ1v) is 6.76. The fourth-order valence-electron chi connectivity index (χ4n) is 2.51. The van der Waals surface area contributed by atoms with E-state index in [9.17, 15) is 0 Å². The van der Waals surface area contributed by atoms with Crippen molar-refractivity contribution in [2.24, 2.45) is 0 Å². The van der Waals surface area contributed by atoms with E-state index in [-0.39, 0.29) is 0 Å². The molecule has 2 N–H and O–H groups in total. The van der Waals surface area contributed by atoms with Gasteiger partial charge in [-0.3, -0.25) is 0 Å². The van der Waals surface area contributed by atoms with Crippen molar-refractivity contribution in [3.63, 3.8) is 0 Å². The van der Waals surface area contributed by atoms with E-state index in [1.807, 2.05) is 0 Å². The average molecular weight is 232 g/mol. The Morgan fingerprint density at radius 2 is 2.24 bits per heavy atom. The molecule has 94 valence electrons. The first kappa shape index (κ1) is 12.6. The summed E-state index contributed by atoms with van der Waals surface area (Å²) in [6.07, 6.45) is 3.77. The summed E-state index contributed by atoms with van der Waals surface area (Å²) >= 11 is 0. The SMILES string of the molecule is Cc1ccc(C)c(CCNC2CCCNC2)c1. The summed E-state index contributed by atoms with van der Waals surface area (Å²) in [5.41, 5.74) is 4.27. The molecule has 1 saturated heterocycles. The maximum atomic E-state index is 3.65. The molecule has 1 aromatic rings. The van der Waals surface area contributed by atoms with Gasteiger partial charge in [0, 0.05) is 12.6 Å². The van der Waals surface area contributed by atoms with Crippen LogP contribution in [0.2, 0.25) is 0 Å². The average Bonchev–Trinajstić information content (AvgIpc) is 2.35. The molecule has 2 nitrogen and oxygen atoms in total. The largest absolute Gasteiger partial charge is 0.315 e. The van der Waals surface area contributed by atoms with Gasteiger partial charge in [-0.1, -0.05) is 23.8 Å². The third kappa shape index (κ3) is 3.83. The molecule has 0 amide bonds. The van der Waals surface area contributed by atoms with E-state index in [0.29, 0.717) is 6.04 Å². The van der Waals surface area contributed by atoms with Crippen LogP contribution in [0, 0.1) is 13.8 Å². The Hall–Kier alpha value is -0.860. The van der Waals surface area contributed by atoms with Gasteiger partial charge in [0.25, 0.3) is 0 Å². The van der Waals surface area contributed by atoms with E-state index in [4.69, 9.17) is 0 Å². The summed E-state index contributed by atoms with van der Waals surface area (Å²) in [5, 5.41) is 7.10. The molecular formula is C15H24N2. The van der Waals surface area contributed by atoms with Gasteiger partial charge >= 0.3 is 0 Å². The van der Waals surface area contributed by atoms with Crippen molar-refractivity contribution in [3.05, 3.63) is 34.9 Å². The van der Waals surface area contributed by atoms with Gasteiger partial charge < -0.3 is 10.6 Å². The van der Waals surface area contributed by atoms with E-state index >= 15 is 0 Å². The molecule has 2 heteroatoms. The van der Waals surface area contributed by atoms with Gasteiger partial charge in [-0.05, 0) is 57.3 Å². The van der Waals surface area contributed by atoms with Crippen LogP contribution in [0.3, 0.4) is 0 Å². The first-order chi connectivity index (χ1) is 8.25. The molecule has 2 rings (SSSR count). The highest BCUT2D eigenvalue weighted by Gasteiger charge is 2.11. The van der Waals surface area contributed by atoms with Crippen LogP contribution in [0.4, 0.5) is 0 Å². The van der Waals surface area contributed by atoms with E-state index in [1.165, 1.54) is 36.1 Å². The predicted octanol–water partition coefficient (Wildman–Crippen LogP) is 2.19. The molecule has 1 aliphatic heterocycles. The van der Waals surface area contributed by atoms with E-state index in [1.54, 1.807) is 0 Å². The summed E-state index contributed by atoms with van der Waals surface area (Å²) in [6.45, 7) is 7.79. The zero-order valence-corrected chi connectivity index (χ0v) is 11.1. The van der Waals surface area contributed by atoms with Gasteiger partial charge in [-0.25, -0.2) is 0 Å². The lowest BCUT2D eigenvalue weighted by atomic mass is 10.0. The molecule has 1 heterocycles. The summed E-state index contributed by atoms with van der Waals surface area (Å²) in [5.74, 6) is 0. The summed E-state index contributed by atoms with van der Waals surface area (Å²) in [4.78, 5) is 0. The number of hydrogen-bond donors (Lipinski definition) is 2. The number of aryl methyl sites for hydroxylation is 2. The quantitative estimate of drug-likeness (QED) is 0.831. The van der Waals surface area contributed by atoms with Gasteiger partial charge in [0.05, 0.1) is 0 Å². The number of rotatable bonds is 4. The Morgan fingerprint density at radius 1 is 1.35 bits per heavy atom. The zero-order valence-electron chi connectivity index (χ0n) is 11.1. The fraction of sp³-hybridized carbons (Fsp3) is 0.600. The third-order valence-electron chi connectivity index (χ3n) is 3.63. The normalized spacial score (nSPS) is 20.5. The van der Waals surface area contributed by atoms with Crippen molar-refractivity contribution in [2.45, 2.75) is 39.2 Å². The van der Waals surface area contributed by atoms with Gasteiger partial charge in [-0.15, -0.1) is 0 Å². The molecule has 0 radical (unpaired) electrons. The molecule has 0 aromatic heterocycles. The molecule has 0 bridgehead atoms. The van der Waals surface area contributed by atoms with Gasteiger partial charge in [0.1, 0.15) is 0 Å².